The van der Waals surface area contributed by atoms with Crippen molar-refractivity contribution in [1.29, 1.82) is 0 Å². The molecule has 4 atom stereocenters. The van der Waals surface area contributed by atoms with Crippen LogP contribution in [0.15, 0.2) is 42.5 Å². The fourth-order valence-corrected chi connectivity index (χ4v) is 4.66. The van der Waals surface area contributed by atoms with Crippen LogP contribution in [0.1, 0.15) is 32.1 Å². The Bertz CT molecular complexity index is 713. The van der Waals surface area contributed by atoms with Crippen LogP contribution >= 0.6 is 0 Å². The zero-order valence-corrected chi connectivity index (χ0v) is 14.8. The molecular formula is C21H24N2O3. The number of fused-ring (bicyclic) bond motifs is 5. The number of likely N-dealkylation sites (tertiary alicyclic amines) is 1. The molecule has 0 spiro atoms. The van der Waals surface area contributed by atoms with Crippen LogP contribution in [0.3, 0.4) is 0 Å². The summed E-state index contributed by atoms with van der Waals surface area (Å²) in [4.78, 5) is 38.5. The highest BCUT2D eigenvalue weighted by Crippen LogP contribution is 2.52. The average molecular weight is 352 g/mol. The standard InChI is InChI=1S/C21H24N2O3/c24-17(22-16-7-3-1-4-8-16)9-5-2-6-12-23-20(25)18-14-10-11-15(13-14)19(18)21(23)26/h1,3-4,7-8,10-11,14-15,18-19H,2,5-6,9,12-13H2,(H,22,24). The van der Waals surface area contributed by atoms with Gasteiger partial charge in [0.25, 0.3) is 0 Å². The molecule has 2 fully saturated rings. The first kappa shape index (κ1) is 17.0. The van der Waals surface area contributed by atoms with Crippen LogP contribution < -0.4 is 5.32 Å². The number of nitrogens with zero attached hydrogens (tertiary/aromatic N) is 1. The lowest BCUT2D eigenvalue weighted by molar-refractivity contribution is -0.140. The highest BCUT2D eigenvalue weighted by Gasteiger charge is 2.58. The summed E-state index contributed by atoms with van der Waals surface area (Å²) in [6.45, 7) is 0.490. The zero-order valence-electron chi connectivity index (χ0n) is 14.8. The molecule has 4 rings (SSSR count). The third kappa shape index (κ3) is 3.06. The molecule has 4 unspecified atom stereocenters. The van der Waals surface area contributed by atoms with Gasteiger partial charge in [0, 0.05) is 18.7 Å². The second-order valence-corrected chi connectivity index (χ2v) is 7.55. The predicted octanol–water partition coefficient (Wildman–Crippen LogP) is 2.99. The van der Waals surface area contributed by atoms with Crippen molar-refractivity contribution >= 4 is 23.4 Å². The Morgan fingerprint density at radius 3 is 2.27 bits per heavy atom. The summed E-state index contributed by atoms with van der Waals surface area (Å²) in [5, 5.41) is 2.87. The molecule has 0 aromatic heterocycles. The molecule has 1 N–H and O–H groups in total. The van der Waals surface area contributed by atoms with E-state index < -0.39 is 0 Å². The number of hydrogen-bond donors (Lipinski definition) is 1. The van der Waals surface area contributed by atoms with Crippen LogP contribution in [-0.2, 0) is 14.4 Å². The summed E-state index contributed by atoms with van der Waals surface area (Å²) in [6, 6.07) is 9.41. The number of para-hydroxylation sites is 1. The van der Waals surface area contributed by atoms with Crippen molar-refractivity contribution in [2.45, 2.75) is 32.1 Å². The Labute approximate surface area is 153 Å². The molecule has 2 bridgehead atoms. The maximum atomic E-state index is 12.6. The van der Waals surface area contributed by atoms with Crippen molar-refractivity contribution in [1.82, 2.24) is 4.90 Å². The molecule has 5 nitrogen and oxygen atoms in total. The van der Waals surface area contributed by atoms with Crippen LogP contribution in [0.2, 0.25) is 0 Å². The van der Waals surface area contributed by atoms with Crippen LogP contribution in [0.25, 0.3) is 0 Å². The van der Waals surface area contributed by atoms with Gasteiger partial charge in [0.1, 0.15) is 0 Å². The first-order valence-electron chi connectivity index (χ1n) is 9.53. The van der Waals surface area contributed by atoms with Gasteiger partial charge in [-0.05, 0) is 43.2 Å². The highest BCUT2D eigenvalue weighted by molar-refractivity contribution is 6.06. The number of imide groups is 1. The first-order valence-corrected chi connectivity index (χ1v) is 9.53. The van der Waals surface area contributed by atoms with Gasteiger partial charge >= 0.3 is 0 Å². The number of unbranched alkanes of at least 4 members (excludes halogenated alkanes) is 2. The van der Waals surface area contributed by atoms with Crippen LogP contribution in [0, 0.1) is 23.7 Å². The summed E-state index contributed by atoms with van der Waals surface area (Å²) in [5.74, 6) is 0.392. The van der Waals surface area contributed by atoms with E-state index >= 15 is 0 Å². The molecule has 1 aromatic carbocycles. The monoisotopic (exact) mass is 352 g/mol. The van der Waals surface area contributed by atoms with Crippen molar-refractivity contribution in [2.24, 2.45) is 23.7 Å². The Morgan fingerprint density at radius 2 is 1.62 bits per heavy atom. The molecule has 2 aliphatic carbocycles. The summed E-state index contributed by atoms with van der Waals surface area (Å²) in [5.41, 5.74) is 0.806. The molecule has 26 heavy (non-hydrogen) atoms. The van der Waals surface area contributed by atoms with Gasteiger partial charge in [0.15, 0.2) is 0 Å². The van der Waals surface area contributed by atoms with E-state index in [1.807, 2.05) is 30.3 Å². The number of amides is 3. The van der Waals surface area contributed by atoms with E-state index in [1.54, 1.807) is 0 Å². The van der Waals surface area contributed by atoms with E-state index in [0.29, 0.717) is 13.0 Å². The van der Waals surface area contributed by atoms with Crippen molar-refractivity contribution < 1.29 is 14.4 Å². The summed E-state index contributed by atoms with van der Waals surface area (Å²) in [6.07, 6.45) is 8.01. The van der Waals surface area contributed by atoms with E-state index in [-0.39, 0.29) is 41.4 Å². The van der Waals surface area contributed by atoms with Gasteiger partial charge < -0.3 is 5.32 Å². The molecule has 3 aliphatic rings. The minimum atomic E-state index is -0.103. The van der Waals surface area contributed by atoms with Crippen LogP contribution in [0.5, 0.6) is 0 Å². The molecule has 1 saturated heterocycles. The number of benzene rings is 1. The number of allylic oxidation sites excluding steroid dienone is 2. The smallest absolute Gasteiger partial charge is 0.233 e. The number of rotatable bonds is 7. The Balaban J connectivity index is 1.18. The number of carbonyl (C=O) groups excluding carboxylic acids is 3. The lowest BCUT2D eigenvalue weighted by atomic mass is 9.85. The van der Waals surface area contributed by atoms with Crippen LogP contribution in [0.4, 0.5) is 5.69 Å². The largest absolute Gasteiger partial charge is 0.326 e. The number of carbonyl (C=O) groups is 3. The topological polar surface area (TPSA) is 66.5 Å². The third-order valence-corrected chi connectivity index (χ3v) is 5.90. The fraction of sp³-hybridized carbons (Fsp3) is 0.476. The van der Waals surface area contributed by atoms with E-state index in [4.69, 9.17) is 0 Å². The molecule has 0 radical (unpaired) electrons. The van der Waals surface area contributed by atoms with Crippen molar-refractivity contribution in [3.8, 4) is 0 Å². The predicted molar refractivity (Wildman–Crippen MR) is 98.0 cm³/mol. The molecule has 136 valence electrons. The fourth-order valence-electron chi connectivity index (χ4n) is 4.66. The minimum Gasteiger partial charge on any atom is -0.326 e. The quantitative estimate of drug-likeness (QED) is 0.466. The Kier molecular flexibility index (Phi) is 4.62. The first-order chi connectivity index (χ1) is 12.6. The highest BCUT2D eigenvalue weighted by atomic mass is 16.2. The molecule has 1 aliphatic heterocycles. The maximum absolute atomic E-state index is 12.6. The molecule has 1 saturated carbocycles. The van der Waals surface area contributed by atoms with Gasteiger partial charge in [-0.3, -0.25) is 19.3 Å². The summed E-state index contributed by atoms with van der Waals surface area (Å²) < 4.78 is 0. The second-order valence-electron chi connectivity index (χ2n) is 7.55. The van der Waals surface area contributed by atoms with E-state index in [1.165, 1.54) is 4.90 Å². The van der Waals surface area contributed by atoms with E-state index in [2.05, 4.69) is 17.5 Å². The average Bonchev–Trinajstić information content (AvgIpc) is 3.31. The van der Waals surface area contributed by atoms with Gasteiger partial charge in [-0.1, -0.05) is 36.8 Å². The lowest BCUT2D eigenvalue weighted by Crippen LogP contribution is -2.33. The van der Waals surface area contributed by atoms with Gasteiger partial charge in [0.05, 0.1) is 11.8 Å². The van der Waals surface area contributed by atoms with Gasteiger partial charge in [-0.15, -0.1) is 0 Å². The van der Waals surface area contributed by atoms with Crippen molar-refractivity contribution in [3.63, 3.8) is 0 Å². The second kappa shape index (κ2) is 7.06. The third-order valence-electron chi connectivity index (χ3n) is 5.90. The number of hydrogen-bond acceptors (Lipinski definition) is 3. The number of nitrogens with one attached hydrogen (secondary N) is 1. The van der Waals surface area contributed by atoms with Crippen LogP contribution in [-0.4, -0.2) is 29.2 Å². The normalized spacial score (nSPS) is 28.7. The number of anilines is 1. The molecule has 3 amide bonds. The van der Waals surface area contributed by atoms with E-state index in [0.717, 1.165) is 31.4 Å². The lowest BCUT2D eigenvalue weighted by Gasteiger charge is -2.17. The molecule has 5 heteroatoms. The minimum absolute atomic E-state index is 0.00158. The molecule has 1 aromatic rings. The van der Waals surface area contributed by atoms with E-state index in [9.17, 15) is 14.4 Å². The van der Waals surface area contributed by atoms with Crippen molar-refractivity contribution in [3.05, 3.63) is 42.5 Å². The van der Waals surface area contributed by atoms with Gasteiger partial charge in [-0.2, -0.15) is 0 Å². The maximum Gasteiger partial charge on any atom is 0.233 e. The SMILES string of the molecule is O=C(CCCCCN1C(=O)C2C3C=CC(C3)C2C1=O)Nc1ccccc1. The van der Waals surface area contributed by atoms with Gasteiger partial charge in [0.2, 0.25) is 17.7 Å². The summed E-state index contributed by atoms with van der Waals surface area (Å²) in [7, 11) is 0. The zero-order chi connectivity index (χ0) is 18.1. The Morgan fingerprint density at radius 1 is 0.962 bits per heavy atom. The van der Waals surface area contributed by atoms with Crippen molar-refractivity contribution in [2.75, 3.05) is 11.9 Å². The molecular weight excluding hydrogens is 328 g/mol. The summed E-state index contributed by atoms with van der Waals surface area (Å²) >= 11 is 0. The molecule has 1 heterocycles. The van der Waals surface area contributed by atoms with Gasteiger partial charge in [-0.25, -0.2) is 0 Å². The Hall–Kier alpha value is -2.43.